The largest absolute Gasteiger partial charge is 0.464 e. The van der Waals surface area contributed by atoms with Gasteiger partial charge in [0.1, 0.15) is 23.7 Å². The van der Waals surface area contributed by atoms with E-state index in [9.17, 15) is 0 Å². The summed E-state index contributed by atoms with van der Waals surface area (Å²) in [5.74, 6) is 4.38. The molecule has 5 nitrogen and oxygen atoms in total. The van der Waals surface area contributed by atoms with E-state index in [2.05, 4.69) is 39.6 Å². The van der Waals surface area contributed by atoms with E-state index in [4.69, 9.17) is 4.42 Å². The molecule has 2 aromatic rings. The Balaban J connectivity index is 1.55. The quantitative estimate of drug-likeness (QED) is 0.850. The van der Waals surface area contributed by atoms with E-state index in [0.717, 1.165) is 23.3 Å². The zero-order valence-corrected chi connectivity index (χ0v) is 10.7. The molecule has 1 saturated carbocycles. The van der Waals surface area contributed by atoms with Gasteiger partial charge in [0.25, 0.3) is 0 Å². The average molecular weight is 246 g/mol. The molecule has 0 bridgehead atoms. The van der Waals surface area contributed by atoms with Crippen LogP contribution in [-0.2, 0) is 6.54 Å². The normalized spacial score (nSPS) is 24.1. The van der Waals surface area contributed by atoms with Crippen LogP contribution in [0.4, 0.5) is 0 Å². The third kappa shape index (κ3) is 2.31. The van der Waals surface area contributed by atoms with Crippen molar-refractivity contribution in [2.24, 2.45) is 5.92 Å². The fourth-order valence-electron chi connectivity index (χ4n) is 2.18. The second-order valence-electron chi connectivity index (χ2n) is 5.10. The maximum atomic E-state index is 5.84. The SMILES string of the molecule is CC(NCc1ccc(C2CC2C)o1)c1ncn[nH]1. The molecule has 0 saturated heterocycles. The molecule has 5 heteroatoms. The van der Waals surface area contributed by atoms with Crippen molar-refractivity contribution < 1.29 is 4.42 Å². The van der Waals surface area contributed by atoms with Crippen LogP contribution in [0.5, 0.6) is 0 Å². The Bertz CT molecular complexity index is 505. The number of aromatic nitrogens is 3. The molecule has 0 aromatic carbocycles. The number of aromatic amines is 1. The molecule has 1 aliphatic carbocycles. The average Bonchev–Trinajstić information content (AvgIpc) is 2.87. The van der Waals surface area contributed by atoms with Gasteiger partial charge in [0.2, 0.25) is 0 Å². The summed E-state index contributed by atoms with van der Waals surface area (Å²) < 4.78 is 5.84. The van der Waals surface area contributed by atoms with Gasteiger partial charge in [-0.1, -0.05) is 6.92 Å². The zero-order chi connectivity index (χ0) is 12.5. The molecule has 3 unspecified atom stereocenters. The van der Waals surface area contributed by atoms with Gasteiger partial charge in [-0.05, 0) is 31.4 Å². The van der Waals surface area contributed by atoms with Crippen LogP contribution in [0.3, 0.4) is 0 Å². The number of hydrogen-bond donors (Lipinski definition) is 2. The lowest BCUT2D eigenvalue weighted by atomic mass is 10.3. The molecule has 0 spiro atoms. The first-order valence-corrected chi connectivity index (χ1v) is 6.41. The smallest absolute Gasteiger partial charge is 0.141 e. The van der Waals surface area contributed by atoms with Crippen molar-refractivity contribution in [2.75, 3.05) is 0 Å². The number of rotatable bonds is 5. The molecule has 0 aliphatic heterocycles. The number of nitrogens with one attached hydrogen (secondary N) is 2. The van der Waals surface area contributed by atoms with Crippen molar-refractivity contribution in [1.82, 2.24) is 20.5 Å². The Morgan fingerprint density at radius 3 is 3.06 bits per heavy atom. The van der Waals surface area contributed by atoms with E-state index >= 15 is 0 Å². The highest BCUT2D eigenvalue weighted by Crippen LogP contribution is 2.47. The first kappa shape index (κ1) is 11.5. The minimum Gasteiger partial charge on any atom is -0.464 e. The zero-order valence-electron chi connectivity index (χ0n) is 10.7. The standard InChI is InChI=1S/C13H18N4O/c1-8-5-11(8)12-4-3-10(18-12)6-14-9(2)13-15-7-16-17-13/h3-4,7-9,11,14H,5-6H2,1-2H3,(H,15,16,17). The Kier molecular flexibility index (Phi) is 2.91. The number of hydrogen-bond acceptors (Lipinski definition) is 4. The predicted molar refractivity (Wildman–Crippen MR) is 66.9 cm³/mol. The van der Waals surface area contributed by atoms with E-state index in [1.165, 1.54) is 12.7 Å². The molecule has 2 aromatic heterocycles. The Labute approximate surface area is 106 Å². The third-order valence-electron chi connectivity index (χ3n) is 3.58. The number of H-pyrrole nitrogens is 1. The monoisotopic (exact) mass is 246 g/mol. The lowest BCUT2D eigenvalue weighted by Gasteiger charge is -2.08. The molecule has 1 aliphatic rings. The molecule has 1 fully saturated rings. The molecular weight excluding hydrogens is 228 g/mol. The molecule has 96 valence electrons. The van der Waals surface area contributed by atoms with Crippen molar-refractivity contribution in [3.63, 3.8) is 0 Å². The van der Waals surface area contributed by atoms with Gasteiger partial charge in [0.05, 0.1) is 12.6 Å². The molecule has 3 rings (SSSR count). The van der Waals surface area contributed by atoms with Gasteiger partial charge in [-0.15, -0.1) is 0 Å². The number of furan rings is 1. The van der Waals surface area contributed by atoms with Gasteiger partial charge < -0.3 is 9.73 Å². The molecule has 3 atom stereocenters. The van der Waals surface area contributed by atoms with Gasteiger partial charge >= 0.3 is 0 Å². The van der Waals surface area contributed by atoms with Gasteiger partial charge in [0.15, 0.2) is 0 Å². The van der Waals surface area contributed by atoms with Gasteiger partial charge in [-0.2, -0.15) is 5.10 Å². The summed E-state index contributed by atoms with van der Waals surface area (Å²) in [4.78, 5) is 4.12. The first-order chi connectivity index (χ1) is 8.74. The van der Waals surface area contributed by atoms with E-state index in [-0.39, 0.29) is 6.04 Å². The number of nitrogens with zero attached hydrogens (tertiary/aromatic N) is 2. The lowest BCUT2D eigenvalue weighted by molar-refractivity contribution is 0.426. The molecule has 2 N–H and O–H groups in total. The second-order valence-corrected chi connectivity index (χ2v) is 5.10. The summed E-state index contributed by atoms with van der Waals surface area (Å²) in [5, 5.41) is 10.1. The molecule has 18 heavy (non-hydrogen) atoms. The van der Waals surface area contributed by atoms with Crippen LogP contribution in [0.15, 0.2) is 22.9 Å². The van der Waals surface area contributed by atoms with Crippen molar-refractivity contribution >= 4 is 0 Å². The lowest BCUT2D eigenvalue weighted by Crippen LogP contribution is -2.18. The van der Waals surface area contributed by atoms with Gasteiger partial charge in [-0.25, -0.2) is 4.98 Å². The molecule has 0 amide bonds. The maximum Gasteiger partial charge on any atom is 0.141 e. The Hall–Kier alpha value is -1.62. The van der Waals surface area contributed by atoms with E-state index in [0.29, 0.717) is 12.5 Å². The molecular formula is C13H18N4O. The fraction of sp³-hybridized carbons (Fsp3) is 0.538. The van der Waals surface area contributed by atoms with Crippen molar-refractivity contribution in [3.8, 4) is 0 Å². The van der Waals surface area contributed by atoms with Crippen molar-refractivity contribution in [3.05, 3.63) is 35.8 Å². The minimum absolute atomic E-state index is 0.140. The summed E-state index contributed by atoms with van der Waals surface area (Å²) in [6.07, 6.45) is 2.78. The van der Waals surface area contributed by atoms with Crippen LogP contribution in [0, 0.1) is 5.92 Å². The highest BCUT2D eigenvalue weighted by atomic mass is 16.3. The van der Waals surface area contributed by atoms with Crippen LogP contribution in [-0.4, -0.2) is 15.2 Å². The van der Waals surface area contributed by atoms with Crippen LogP contribution < -0.4 is 5.32 Å². The maximum absolute atomic E-state index is 5.84. The summed E-state index contributed by atoms with van der Waals surface area (Å²) in [6, 6.07) is 4.30. The van der Waals surface area contributed by atoms with Crippen LogP contribution in [0.25, 0.3) is 0 Å². The van der Waals surface area contributed by atoms with Crippen LogP contribution in [0.2, 0.25) is 0 Å². The van der Waals surface area contributed by atoms with Gasteiger partial charge in [0, 0.05) is 5.92 Å². The Morgan fingerprint density at radius 1 is 1.56 bits per heavy atom. The predicted octanol–water partition coefficient (Wildman–Crippen LogP) is 2.37. The minimum atomic E-state index is 0.140. The highest BCUT2D eigenvalue weighted by Gasteiger charge is 2.36. The third-order valence-corrected chi connectivity index (χ3v) is 3.58. The topological polar surface area (TPSA) is 66.7 Å². The fourth-order valence-corrected chi connectivity index (χ4v) is 2.18. The highest BCUT2D eigenvalue weighted by molar-refractivity contribution is 5.17. The summed E-state index contributed by atoms with van der Waals surface area (Å²) >= 11 is 0. The molecule has 0 radical (unpaired) electrons. The van der Waals surface area contributed by atoms with Crippen molar-refractivity contribution in [1.29, 1.82) is 0 Å². The molecule has 2 heterocycles. The summed E-state index contributed by atoms with van der Waals surface area (Å²) in [5.41, 5.74) is 0. The van der Waals surface area contributed by atoms with Crippen LogP contribution in [0.1, 0.15) is 49.6 Å². The van der Waals surface area contributed by atoms with E-state index < -0.39 is 0 Å². The van der Waals surface area contributed by atoms with E-state index in [1.807, 2.05) is 6.92 Å². The Morgan fingerprint density at radius 2 is 2.39 bits per heavy atom. The summed E-state index contributed by atoms with van der Waals surface area (Å²) in [7, 11) is 0. The second kappa shape index (κ2) is 4.57. The van der Waals surface area contributed by atoms with Gasteiger partial charge in [-0.3, -0.25) is 5.10 Å². The van der Waals surface area contributed by atoms with Crippen molar-refractivity contribution in [2.45, 2.75) is 38.8 Å². The summed E-state index contributed by atoms with van der Waals surface area (Å²) in [6.45, 7) is 5.02. The van der Waals surface area contributed by atoms with E-state index in [1.54, 1.807) is 0 Å². The first-order valence-electron chi connectivity index (χ1n) is 6.41. The van der Waals surface area contributed by atoms with Crippen LogP contribution >= 0.6 is 0 Å².